The molecule has 0 amide bonds. The lowest BCUT2D eigenvalue weighted by Gasteiger charge is -2.27. The Hall–Kier alpha value is -5.94. The van der Waals surface area contributed by atoms with Crippen LogP contribution >= 0.6 is 22.7 Å². The third-order valence-corrected chi connectivity index (χ3v) is 12.3. The Labute approximate surface area is 295 Å². The number of thiophene rings is 2. The van der Waals surface area contributed by atoms with E-state index in [-0.39, 0.29) is 0 Å². The van der Waals surface area contributed by atoms with Crippen LogP contribution in [0, 0.1) is 0 Å². The monoisotopic (exact) mass is 673 g/mol. The van der Waals surface area contributed by atoms with Crippen LogP contribution in [0.5, 0.6) is 0 Å². The van der Waals surface area contributed by atoms with Crippen molar-refractivity contribution in [3.8, 4) is 11.1 Å². The Bertz CT molecular complexity index is 3130. The van der Waals surface area contributed by atoms with Crippen LogP contribution in [0.3, 0.4) is 0 Å². The summed E-state index contributed by atoms with van der Waals surface area (Å²) in [4.78, 5) is 2.42. The van der Waals surface area contributed by atoms with E-state index in [4.69, 9.17) is 4.42 Å². The van der Waals surface area contributed by atoms with Crippen molar-refractivity contribution in [3.05, 3.63) is 164 Å². The molecule has 0 aliphatic carbocycles. The molecule has 0 N–H and O–H groups in total. The van der Waals surface area contributed by atoms with Crippen LogP contribution in [0.15, 0.2) is 168 Å². The van der Waals surface area contributed by atoms with Crippen LogP contribution in [0.2, 0.25) is 0 Å². The SMILES string of the molecule is c1cc(-c2cccc3sc4ccccc4c23)cc(N(c2ccc3sc4ccccc4c3c2)c2cccc3oc4c5ccccc5ccc4c23)c1. The highest BCUT2D eigenvalue weighted by Gasteiger charge is 2.22. The number of nitrogens with zero attached hydrogens (tertiary/aromatic N) is 1. The van der Waals surface area contributed by atoms with Crippen molar-refractivity contribution in [1.29, 1.82) is 0 Å². The fraction of sp³-hybridized carbons (Fsp3) is 0. The van der Waals surface area contributed by atoms with Crippen molar-refractivity contribution in [3.63, 3.8) is 0 Å². The molecule has 8 aromatic carbocycles. The molecule has 0 saturated heterocycles. The van der Waals surface area contributed by atoms with Gasteiger partial charge in [0.15, 0.2) is 0 Å². The number of hydrogen-bond acceptors (Lipinski definition) is 4. The van der Waals surface area contributed by atoms with Crippen molar-refractivity contribution in [2.24, 2.45) is 0 Å². The average Bonchev–Trinajstić information content (AvgIpc) is 3.87. The van der Waals surface area contributed by atoms with Gasteiger partial charge in [0.25, 0.3) is 0 Å². The first-order chi connectivity index (χ1) is 24.8. The predicted molar refractivity (Wildman–Crippen MR) is 217 cm³/mol. The summed E-state index contributed by atoms with van der Waals surface area (Å²) in [5.41, 5.74) is 7.55. The van der Waals surface area contributed by atoms with E-state index in [0.717, 1.165) is 44.4 Å². The Morgan fingerprint density at radius 3 is 2.04 bits per heavy atom. The fourth-order valence-corrected chi connectivity index (χ4v) is 10.0. The van der Waals surface area contributed by atoms with E-state index < -0.39 is 0 Å². The maximum atomic E-state index is 6.69. The smallest absolute Gasteiger partial charge is 0.143 e. The van der Waals surface area contributed by atoms with Crippen molar-refractivity contribution in [2.75, 3.05) is 4.90 Å². The van der Waals surface area contributed by atoms with Crippen molar-refractivity contribution >= 4 is 113 Å². The lowest BCUT2D eigenvalue weighted by atomic mass is 9.98. The van der Waals surface area contributed by atoms with Gasteiger partial charge in [-0.25, -0.2) is 0 Å². The molecule has 0 atom stereocenters. The number of furan rings is 1. The first-order valence-electron chi connectivity index (χ1n) is 16.8. The van der Waals surface area contributed by atoms with E-state index in [1.54, 1.807) is 0 Å². The molecule has 3 aromatic heterocycles. The number of benzene rings is 8. The van der Waals surface area contributed by atoms with Crippen molar-refractivity contribution < 1.29 is 4.42 Å². The summed E-state index contributed by atoms with van der Waals surface area (Å²) in [5.74, 6) is 0. The molecule has 234 valence electrons. The molecule has 0 aliphatic rings. The molecule has 0 spiro atoms. The molecule has 2 nitrogen and oxygen atoms in total. The van der Waals surface area contributed by atoms with E-state index in [9.17, 15) is 0 Å². The van der Waals surface area contributed by atoms with Crippen LogP contribution in [0.4, 0.5) is 17.1 Å². The molecule has 4 heteroatoms. The molecule has 0 unspecified atom stereocenters. The van der Waals surface area contributed by atoms with Crippen molar-refractivity contribution in [2.45, 2.75) is 0 Å². The van der Waals surface area contributed by atoms with Crippen LogP contribution in [-0.2, 0) is 0 Å². The van der Waals surface area contributed by atoms with E-state index in [1.807, 2.05) is 22.7 Å². The third-order valence-electron chi connectivity index (χ3n) is 10.0. The summed E-state index contributed by atoms with van der Waals surface area (Å²) in [7, 11) is 0. The highest BCUT2D eigenvalue weighted by molar-refractivity contribution is 7.26. The topological polar surface area (TPSA) is 16.4 Å². The van der Waals surface area contributed by atoms with Crippen LogP contribution in [0.1, 0.15) is 0 Å². The second-order valence-corrected chi connectivity index (χ2v) is 15.0. The van der Waals surface area contributed by atoms with E-state index in [0.29, 0.717) is 0 Å². The van der Waals surface area contributed by atoms with Crippen LogP contribution < -0.4 is 4.90 Å². The lowest BCUT2D eigenvalue weighted by molar-refractivity contribution is 0.672. The van der Waals surface area contributed by atoms with E-state index >= 15 is 0 Å². The highest BCUT2D eigenvalue weighted by atomic mass is 32.1. The van der Waals surface area contributed by atoms with Gasteiger partial charge in [0.05, 0.1) is 11.1 Å². The second kappa shape index (κ2) is 10.8. The predicted octanol–water partition coefficient (Wildman–Crippen LogP) is 14.6. The maximum Gasteiger partial charge on any atom is 0.143 e. The maximum absolute atomic E-state index is 6.69. The third kappa shape index (κ3) is 4.13. The van der Waals surface area contributed by atoms with Gasteiger partial charge in [0.1, 0.15) is 11.2 Å². The van der Waals surface area contributed by atoms with Gasteiger partial charge in [-0.15, -0.1) is 22.7 Å². The van der Waals surface area contributed by atoms with Gasteiger partial charge in [-0.3, -0.25) is 0 Å². The molecule has 0 radical (unpaired) electrons. The highest BCUT2D eigenvalue weighted by Crippen LogP contribution is 2.47. The standard InChI is InChI=1S/C46H27NOS2/c1-2-13-33-28(10-1)22-24-36-45-38(17-9-18-39(45)48-46(33)36)47(31-23-25-42-37(27-31)34-14-3-5-19-40(34)49-42)30-12-7-11-29(26-30)32-16-8-21-43-44(32)35-15-4-6-20-41(35)50-43/h1-27H. The zero-order valence-electron chi connectivity index (χ0n) is 26.8. The van der Waals surface area contributed by atoms with Crippen LogP contribution in [0.25, 0.3) is 84.2 Å². The largest absolute Gasteiger partial charge is 0.455 e. The van der Waals surface area contributed by atoms with Crippen molar-refractivity contribution in [1.82, 2.24) is 0 Å². The Kier molecular flexibility index (Phi) is 6.03. The van der Waals surface area contributed by atoms with Gasteiger partial charge in [0, 0.05) is 62.5 Å². The Balaban J connectivity index is 1.19. The minimum absolute atomic E-state index is 0.881. The molecule has 50 heavy (non-hydrogen) atoms. The summed E-state index contributed by atoms with van der Waals surface area (Å²) in [6.07, 6.45) is 0. The molecule has 11 rings (SSSR count). The molecule has 0 bridgehead atoms. The summed E-state index contributed by atoms with van der Waals surface area (Å²) < 4.78 is 11.9. The quantitative estimate of drug-likeness (QED) is 0.185. The summed E-state index contributed by atoms with van der Waals surface area (Å²) in [6, 6.07) is 59.5. The zero-order chi connectivity index (χ0) is 32.8. The summed E-state index contributed by atoms with van der Waals surface area (Å²) in [5, 5.41) is 9.72. The fourth-order valence-electron chi connectivity index (χ4n) is 7.83. The van der Waals surface area contributed by atoms with Gasteiger partial charge >= 0.3 is 0 Å². The molecule has 3 heterocycles. The summed E-state index contributed by atoms with van der Waals surface area (Å²) >= 11 is 3.71. The van der Waals surface area contributed by atoms with E-state index in [1.165, 1.54) is 56.9 Å². The number of fused-ring (bicyclic) bond motifs is 11. The molecular weight excluding hydrogens is 647 g/mol. The van der Waals surface area contributed by atoms with Crippen LogP contribution in [-0.4, -0.2) is 0 Å². The second-order valence-electron chi connectivity index (χ2n) is 12.9. The Morgan fingerprint density at radius 1 is 0.420 bits per heavy atom. The molecular formula is C46H27NOS2. The molecule has 0 fully saturated rings. The minimum Gasteiger partial charge on any atom is -0.455 e. The number of rotatable bonds is 4. The van der Waals surface area contributed by atoms with Gasteiger partial charge < -0.3 is 9.32 Å². The average molecular weight is 674 g/mol. The van der Waals surface area contributed by atoms with E-state index in [2.05, 4.69) is 169 Å². The zero-order valence-corrected chi connectivity index (χ0v) is 28.4. The number of hydrogen-bond donors (Lipinski definition) is 0. The first-order valence-corrected chi connectivity index (χ1v) is 18.5. The van der Waals surface area contributed by atoms with Gasteiger partial charge in [0.2, 0.25) is 0 Å². The minimum atomic E-state index is 0.881. The lowest BCUT2D eigenvalue weighted by Crippen LogP contribution is -2.10. The molecule has 0 saturated carbocycles. The number of anilines is 3. The first kappa shape index (κ1) is 28.0. The molecule has 0 aliphatic heterocycles. The Morgan fingerprint density at radius 2 is 1.12 bits per heavy atom. The summed E-state index contributed by atoms with van der Waals surface area (Å²) in [6.45, 7) is 0. The normalized spacial score (nSPS) is 12.0. The van der Waals surface area contributed by atoms with Gasteiger partial charge in [-0.2, -0.15) is 0 Å². The molecule has 11 aromatic rings. The van der Waals surface area contributed by atoms with Gasteiger partial charge in [-0.1, -0.05) is 97.1 Å². The van der Waals surface area contributed by atoms with Gasteiger partial charge in [-0.05, 0) is 83.2 Å².